The highest BCUT2D eigenvalue weighted by molar-refractivity contribution is 8.00. The molecule has 116 valence electrons. The van der Waals surface area contributed by atoms with Crippen LogP contribution in [0, 0.1) is 12.3 Å². The fraction of sp³-hybridized carbons (Fsp3) is 0.545. The zero-order valence-electron chi connectivity index (χ0n) is 11.4. The van der Waals surface area contributed by atoms with Gasteiger partial charge in [0.2, 0.25) is 0 Å². The van der Waals surface area contributed by atoms with E-state index in [4.69, 9.17) is 5.11 Å². The van der Waals surface area contributed by atoms with Crippen LogP contribution < -0.4 is 4.72 Å². The third kappa shape index (κ3) is 2.79. The molecule has 0 bridgehead atoms. The normalized spacial score (nSPS) is 17.0. The molecular weight excluding hydrogens is 336 g/mol. The average molecular weight is 350 g/mol. The van der Waals surface area contributed by atoms with Crippen molar-refractivity contribution < 1.29 is 23.1 Å². The van der Waals surface area contributed by atoms with E-state index in [1.807, 2.05) is 4.72 Å². The number of aromatic nitrogens is 1. The van der Waals surface area contributed by atoms with Crippen molar-refractivity contribution in [3.8, 4) is 0 Å². The predicted octanol–water partition coefficient (Wildman–Crippen LogP) is 1.23. The molecule has 0 unspecified atom stereocenters. The first-order chi connectivity index (χ1) is 9.73. The first kappa shape index (κ1) is 16.2. The number of hydrogen-bond acceptors (Lipinski definition) is 7. The highest BCUT2D eigenvalue weighted by Crippen LogP contribution is 2.42. The molecule has 1 aromatic heterocycles. The maximum absolute atomic E-state index is 12.2. The number of carboxylic acid groups (broad SMARTS) is 1. The fourth-order valence-corrected chi connectivity index (χ4v) is 5.30. The lowest BCUT2D eigenvalue weighted by Gasteiger charge is -2.35. The van der Waals surface area contributed by atoms with Gasteiger partial charge in [-0.2, -0.15) is 0 Å². The average Bonchev–Trinajstić information content (AvgIpc) is 2.68. The quantitative estimate of drug-likeness (QED) is 0.606. The molecule has 0 spiro atoms. The maximum atomic E-state index is 12.2. The van der Waals surface area contributed by atoms with E-state index in [9.17, 15) is 18.0 Å². The number of nitrogens with one attached hydrogen (secondary N) is 1. The first-order valence-corrected chi connectivity index (χ1v) is 9.57. The van der Waals surface area contributed by atoms with Gasteiger partial charge in [-0.05, 0) is 26.0 Å². The third-order valence-electron chi connectivity index (χ3n) is 3.43. The maximum Gasteiger partial charge on any atom is 0.319 e. The minimum absolute atomic E-state index is 0.0555. The Hall–Kier alpha value is -1.13. The van der Waals surface area contributed by atoms with Crippen LogP contribution in [-0.2, 0) is 19.6 Å². The zero-order valence-corrected chi connectivity index (χ0v) is 13.8. The minimum atomic E-state index is -4.09. The van der Waals surface area contributed by atoms with Gasteiger partial charge in [-0.25, -0.2) is 18.1 Å². The molecule has 0 atom stereocenters. The summed E-state index contributed by atoms with van der Waals surface area (Å²) in [5.41, 5.74) is -1.32. The van der Waals surface area contributed by atoms with Crippen LogP contribution in [0.3, 0.4) is 0 Å². The predicted molar refractivity (Wildman–Crippen MR) is 77.9 cm³/mol. The second kappa shape index (κ2) is 5.58. The summed E-state index contributed by atoms with van der Waals surface area (Å²) in [6.07, 6.45) is 2.67. The molecule has 0 saturated heterocycles. The van der Waals surface area contributed by atoms with E-state index in [0.29, 0.717) is 16.5 Å². The standard InChI is InChI=1S/C11H14N2O5S3/c1-6-7(20-10(12-6)19-2)21(17,18)13-8(14)11(9(15)16)4-3-5-11/h3-5H2,1-2H3,(H,13,14)(H,15,16). The van der Waals surface area contributed by atoms with E-state index < -0.39 is 27.3 Å². The number of hydrogen-bond donors (Lipinski definition) is 2. The SMILES string of the molecule is CSc1nc(C)c(S(=O)(=O)NC(=O)C2(C(=O)O)CCC2)s1. The number of thioether (sulfide) groups is 1. The van der Waals surface area contributed by atoms with Gasteiger partial charge in [-0.15, -0.1) is 0 Å². The van der Waals surface area contributed by atoms with E-state index >= 15 is 0 Å². The van der Waals surface area contributed by atoms with Gasteiger partial charge in [-0.1, -0.05) is 29.5 Å². The summed E-state index contributed by atoms with van der Waals surface area (Å²) in [6.45, 7) is 1.53. The number of amides is 1. The summed E-state index contributed by atoms with van der Waals surface area (Å²) in [5, 5.41) is 9.15. The second-order valence-electron chi connectivity index (χ2n) is 4.73. The molecule has 1 heterocycles. The lowest BCUT2D eigenvalue weighted by atomic mass is 9.68. The number of carbonyl (C=O) groups is 2. The van der Waals surface area contributed by atoms with Crippen LogP contribution >= 0.6 is 23.1 Å². The van der Waals surface area contributed by atoms with E-state index in [-0.39, 0.29) is 17.1 Å². The summed E-state index contributed by atoms with van der Waals surface area (Å²) < 4.78 is 26.9. The molecular formula is C11H14N2O5S3. The minimum Gasteiger partial charge on any atom is -0.480 e. The Labute approximate surface area is 130 Å². The monoisotopic (exact) mass is 350 g/mol. The van der Waals surface area contributed by atoms with Gasteiger partial charge in [-0.3, -0.25) is 9.59 Å². The van der Waals surface area contributed by atoms with Crippen molar-refractivity contribution in [2.75, 3.05) is 6.26 Å². The molecule has 0 aliphatic heterocycles. The number of rotatable bonds is 5. The van der Waals surface area contributed by atoms with Gasteiger partial charge < -0.3 is 5.11 Å². The molecule has 1 aliphatic carbocycles. The van der Waals surface area contributed by atoms with Crippen LogP contribution in [0.4, 0.5) is 0 Å². The van der Waals surface area contributed by atoms with Gasteiger partial charge in [0.15, 0.2) is 8.55 Å². The van der Waals surface area contributed by atoms with Gasteiger partial charge in [0, 0.05) is 0 Å². The van der Waals surface area contributed by atoms with Crippen LogP contribution in [0.1, 0.15) is 25.0 Å². The highest BCUT2D eigenvalue weighted by atomic mass is 32.3. The van der Waals surface area contributed by atoms with Crippen molar-refractivity contribution in [2.24, 2.45) is 5.41 Å². The summed E-state index contributed by atoms with van der Waals surface area (Å²) in [6, 6.07) is 0. The smallest absolute Gasteiger partial charge is 0.319 e. The molecule has 7 nitrogen and oxygen atoms in total. The van der Waals surface area contributed by atoms with Gasteiger partial charge in [0.25, 0.3) is 15.9 Å². The van der Waals surface area contributed by atoms with Crippen LogP contribution in [0.5, 0.6) is 0 Å². The highest BCUT2D eigenvalue weighted by Gasteiger charge is 2.52. The van der Waals surface area contributed by atoms with Crippen molar-refractivity contribution in [2.45, 2.75) is 34.7 Å². The number of sulfonamides is 1. The van der Waals surface area contributed by atoms with Gasteiger partial charge in [0.1, 0.15) is 5.41 Å². The molecule has 1 aromatic rings. The van der Waals surface area contributed by atoms with E-state index in [1.165, 1.54) is 18.7 Å². The molecule has 21 heavy (non-hydrogen) atoms. The lowest BCUT2D eigenvalue weighted by Crippen LogP contribution is -2.52. The number of aliphatic carboxylic acids is 1. The third-order valence-corrected chi connectivity index (χ3v) is 7.51. The van der Waals surface area contributed by atoms with Crippen LogP contribution in [-0.4, -0.2) is 36.6 Å². The largest absolute Gasteiger partial charge is 0.480 e. The van der Waals surface area contributed by atoms with Crippen molar-refractivity contribution in [3.05, 3.63) is 5.69 Å². The Bertz CT molecular complexity index is 691. The van der Waals surface area contributed by atoms with Crippen LogP contribution in [0.2, 0.25) is 0 Å². The van der Waals surface area contributed by atoms with E-state index in [1.54, 1.807) is 6.26 Å². The number of carboxylic acids is 1. The number of carbonyl (C=O) groups excluding carboxylic acids is 1. The molecule has 1 amide bonds. The molecule has 0 aromatic carbocycles. The number of nitrogens with zero attached hydrogens (tertiary/aromatic N) is 1. The summed E-state index contributed by atoms with van der Waals surface area (Å²) in [5.74, 6) is -2.26. The first-order valence-electron chi connectivity index (χ1n) is 6.05. The molecule has 2 rings (SSSR count). The summed E-state index contributed by atoms with van der Waals surface area (Å²) >= 11 is 2.26. The Morgan fingerprint density at radius 3 is 2.43 bits per heavy atom. The zero-order chi connectivity index (χ0) is 15.8. The molecule has 1 fully saturated rings. The van der Waals surface area contributed by atoms with Crippen molar-refractivity contribution in [1.82, 2.24) is 9.71 Å². The Morgan fingerprint density at radius 2 is 2.05 bits per heavy atom. The molecule has 0 radical (unpaired) electrons. The van der Waals surface area contributed by atoms with Crippen LogP contribution in [0.15, 0.2) is 8.55 Å². The summed E-state index contributed by atoms with van der Waals surface area (Å²) in [4.78, 5) is 27.4. The second-order valence-corrected chi connectivity index (χ2v) is 8.66. The fourth-order valence-electron chi connectivity index (χ4n) is 2.03. The Kier molecular flexibility index (Phi) is 4.31. The molecule has 1 aliphatic rings. The molecule has 1 saturated carbocycles. The summed E-state index contributed by atoms with van der Waals surface area (Å²) in [7, 11) is -4.09. The molecule has 2 N–H and O–H groups in total. The van der Waals surface area contributed by atoms with Gasteiger partial charge in [0.05, 0.1) is 5.69 Å². The van der Waals surface area contributed by atoms with E-state index in [2.05, 4.69) is 4.98 Å². The van der Waals surface area contributed by atoms with Gasteiger partial charge >= 0.3 is 5.97 Å². The number of thiazole rings is 1. The van der Waals surface area contributed by atoms with Crippen molar-refractivity contribution in [3.63, 3.8) is 0 Å². The lowest BCUT2D eigenvalue weighted by molar-refractivity contribution is -0.161. The Balaban J connectivity index is 2.27. The van der Waals surface area contributed by atoms with Crippen molar-refractivity contribution >= 4 is 45.0 Å². The van der Waals surface area contributed by atoms with E-state index in [0.717, 1.165) is 11.3 Å². The molecule has 10 heteroatoms. The van der Waals surface area contributed by atoms with Crippen LogP contribution in [0.25, 0.3) is 0 Å². The van der Waals surface area contributed by atoms with Crippen molar-refractivity contribution in [1.29, 1.82) is 0 Å². The Morgan fingerprint density at radius 1 is 1.43 bits per heavy atom. The number of aryl methyl sites for hydroxylation is 1. The topological polar surface area (TPSA) is 113 Å².